The molecule has 0 aliphatic heterocycles. The summed E-state index contributed by atoms with van der Waals surface area (Å²) >= 11 is 11.8. The van der Waals surface area contributed by atoms with E-state index in [0.717, 1.165) is 0 Å². The molecule has 0 radical (unpaired) electrons. The zero-order valence-electron chi connectivity index (χ0n) is 10.1. The molecule has 2 rings (SSSR count). The van der Waals surface area contributed by atoms with Crippen molar-refractivity contribution in [1.29, 1.82) is 0 Å². The van der Waals surface area contributed by atoms with Crippen LogP contribution in [-0.2, 0) is 0 Å². The molecule has 0 atom stereocenters. The Labute approximate surface area is 123 Å². The third-order valence-corrected chi connectivity index (χ3v) is 3.15. The maximum Gasteiger partial charge on any atom is 0.352 e. The minimum Gasteiger partial charge on any atom is -0.432 e. The van der Waals surface area contributed by atoms with Crippen LogP contribution in [0.1, 0.15) is 5.69 Å². The van der Waals surface area contributed by atoms with Gasteiger partial charge in [-0.25, -0.2) is 4.98 Å². The van der Waals surface area contributed by atoms with Gasteiger partial charge < -0.3 is 10.5 Å². The van der Waals surface area contributed by atoms with Crippen molar-refractivity contribution in [2.45, 2.75) is 6.92 Å². The predicted molar refractivity (Wildman–Crippen MR) is 74.4 cm³/mol. The minimum atomic E-state index is -0.650. The Morgan fingerprint density at radius 2 is 2.05 bits per heavy atom. The molecule has 7 nitrogen and oxygen atoms in total. The summed E-state index contributed by atoms with van der Waals surface area (Å²) in [7, 11) is 0. The molecule has 0 aliphatic rings. The fraction of sp³-hybridized carbons (Fsp3) is 0.0909. The van der Waals surface area contributed by atoms with E-state index in [2.05, 4.69) is 9.97 Å². The highest BCUT2D eigenvalue weighted by Gasteiger charge is 2.24. The van der Waals surface area contributed by atoms with E-state index in [0.29, 0.717) is 0 Å². The van der Waals surface area contributed by atoms with Crippen molar-refractivity contribution in [3.8, 4) is 11.6 Å². The van der Waals surface area contributed by atoms with Gasteiger partial charge in [0, 0.05) is 0 Å². The van der Waals surface area contributed by atoms with Gasteiger partial charge in [-0.1, -0.05) is 29.3 Å². The second-order valence-corrected chi connectivity index (χ2v) is 4.52. The molecule has 20 heavy (non-hydrogen) atoms. The number of benzene rings is 1. The van der Waals surface area contributed by atoms with E-state index in [1.807, 2.05) is 0 Å². The van der Waals surface area contributed by atoms with Gasteiger partial charge in [0.2, 0.25) is 5.95 Å². The molecule has 0 saturated carbocycles. The molecule has 2 aromatic rings. The van der Waals surface area contributed by atoms with E-state index in [1.165, 1.54) is 13.0 Å². The van der Waals surface area contributed by atoms with Gasteiger partial charge in [-0.05, 0) is 19.1 Å². The van der Waals surface area contributed by atoms with Gasteiger partial charge in [-0.3, -0.25) is 10.1 Å². The molecule has 1 heterocycles. The first kappa shape index (κ1) is 14.3. The Balaban J connectivity index is 2.53. The number of nitrogens with zero attached hydrogens (tertiary/aromatic N) is 3. The van der Waals surface area contributed by atoms with Gasteiger partial charge in [-0.15, -0.1) is 0 Å². The highest BCUT2D eigenvalue weighted by atomic mass is 35.5. The third-order valence-electron chi connectivity index (χ3n) is 2.35. The van der Waals surface area contributed by atoms with Crippen LogP contribution >= 0.6 is 23.2 Å². The molecule has 1 aromatic carbocycles. The Hall–Kier alpha value is -2.12. The number of hydrogen-bond acceptors (Lipinski definition) is 6. The molecular weight excluding hydrogens is 307 g/mol. The van der Waals surface area contributed by atoms with Gasteiger partial charge in [0.15, 0.2) is 0 Å². The van der Waals surface area contributed by atoms with Crippen LogP contribution in [0.2, 0.25) is 10.0 Å². The Bertz CT molecular complexity index is 694. The molecule has 0 saturated heterocycles. The SMILES string of the molecule is Cc1nc(N)nc(Oc2cccc(Cl)c2Cl)c1[N+](=O)[O-]. The van der Waals surface area contributed by atoms with Gasteiger partial charge in [-0.2, -0.15) is 4.98 Å². The normalized spacial score (nSPS) is 10.3. The number of nitrogen functional groups attached to an aromatic ring is 1. The molecule has 104 valence electrons. The second kappa shape index (κ2) is 5.48. The van der Waals surface area contributed by atoms with E-state index in [4.69, 9.17) is 33.7 Å². The lowest BCUT2D eigenvalue weighted by Gasteiger charge is -2.09. The first-order valence-electron chi connectivity index (χ1n) is 5.30. The van der Waals surface area contributed by atoms with E-state index in [1.54, 1.807) is 12.1 Å². The van der Waals surface area contributed by atoms with Crippen molar-refractivity contribution < 1.29 is 9.66 Å². The minimum absolute atomic E-state index is 0.0932. The number of aromatic nitrogens is 2. The lowest BCUT2D eigenvalue weighted by molar-refractivity contribution is -0.386. The summed E-state index contributed by atoms with van der Waals surface area (Å²) in [6.07, 6.45) is 0. The van der Waals surface area contributed by atoms with Crippen molar-refractivity contribution in [2.24, 2.45) is 0 Å². The van der Waals surface area contributed by atoms with Crippen molar-refractivity contribution in [2.75, 3.05) is 5.73 Å². The standard InChI is InChI=1S/C11H8Cl2N4O3/c1-5-9(17(18)19)10(16-11(14)15-5)20-7-4-2-3-6(12)8(7)13/h2-4H,1H3,(H2,14,15,16). The molecule has 0 aliphatic carbocycles. The Kier molecular flexibility index (Phi) is 3.91. The quantitative estimate of drug-likeness (QED) is 0.688. The van der Waals surface area contributed by atoms with Gasteiger partial charge >= 0.3 is 11.6 Å². The van der Waals surface area contributed by atoms with E-state index < -0.39 is 4.92 Å². The monoisotopic (exact) mass is 314 g/mol. The number of ether oxygens (including phenoxy) is 1. The van der Waals surface area contributed by atoms with Gasteiger partial charge in [0.1, 0.15) is 16.5 Å². The summed E-state index contributed by atoms with van der Waals surface area (Å²) < 4.78 is 5.35. The summed E-state index contributed by atoms with van der Waals surface area (Å²) in [5.41, 5.74) is 5.18. The average Bonchev–Trinajstić information content (AvgIpc) is 2.33. The number of nitrogens with two attached hydrogens (primary N) is 1. The summed E-state index contributed by atoms with van der Waals surface area (Å²) in [5.74, 6) is -0.287. The Morgan fingerprint density at radius 1 is 1.35 bits per heavy atom. The van der Waals surface area contributed by atoms with Crippen LogP contribution in [-0.4, -0.2) is 14.9 Å². The number of hydrogen-bond donors (Lipinski definition) is 1. The van der Waals surface area contributed by atoms with Crippen LogP contribution in [0.3, 0.4) is 0 Å². The number of aryl methyl sites for hydroxylation is 1. The zero-order chi connectivity index (χ0) is 14.9. The van der Waals surface area contributed by atoms with Crippen LogP contribution in [0.15, 0.2) is 18.2 Å². The first-order valence-corrected chi connectivity index (χ1v) is 6.06. The fourth-order valence-corrected chi connectivity index (χ4v) is 1.84. The third kappa shape index (κ3) is 2.73. The summed E-state index contributed by atoms with van der Waals surface area (Å²) in [6, 6.07) is 4.66. The summed E-state index contributed by atoms with van der Waals surface area (Å²) in [5, 5.41) is 11.4. The molecule has 0 spiro atoms. The lowest BCUT2D eigenvalue weighted by atomic mass is 10.3. The fourth-order valence-electron chi connectivity index (χ4n) is 1.51. The second-order valence-electron chi connectivity index (χ2n) is 3.73. The number of halogens is 2. The highest BCUT2D eigenvalue weighted by molar-refractivity contribution is 6.42. The van der Waals surface area contributed by atoms with Crippen molar-refractivity contribution in [3.05, 3.63) is 44.1 Å². The molecule has 0 unspecified atom stereocenters. The molecule has 0 bridgehead atoms. The van der Waals surface area contributed by atoms with Gasteiger partial charge in [0.05, 0.1) is 9.95 Å². The molecule has 2 N–H and O–H groups in total. The predicted octanol–water partition coefficient (Wildman–Crippen LogP) is 3.37. The molecule has 0 fully saturated rings. The zero-order valence-corrected chi connectivity index (χ0v) is 11.6. The highest BCUT2D eigenvalue weighted by Crippen LogP contribution is 2.37. The topological polar surface area (TPSA) is 104 Å². The Morgan fingerprint density at radius 3 is 2.70 bits per heavy atom. The van der Waals surface area contributed by atoms with Crippen LogP contribution in [0.4, 0.5) is 11.6 Å². The van der Waals surface area contributed by atoms with Crippen LogP contribution in [0, 0.1) is 17.0 Å². The van der Waals surface area contributed by atoms with Crippen LogP contribution < -0.4 is 10.5 Å². The van der Waals surface area contributed by atoms with E-state index >= 15 is 0 Å². The number of nitro groups is 1. The van der Waals surface area contributed by atoms with Crippen LogP contribution in [0.5, 0.6) is 11.6 Å². The maximum absolute atomic E-state index is 11.0. The number of anilines is 1. The largest absolute Gasteiger partial charge is 0.432 e. The first-order chi connectivity index (χ1) is 9.40. The molecule has 0 amide bonds. The van der Waals surface area contributed by atoms with Gasteiger partial charge in [0.25, 0.3) is 0 Å². The van der Waals surface area contributed by atoms with Crippen molar-refractivity contribution in [3.63, 3.8) is 0 Å². The number of rotatable bonds is 3. The van der Waals surface area contributed by atoms with E-state index in [9.17, 15) is 10.1 Å². The van der Waals surface area contributed by atoms with Crippen molar-refractivity contribution in [1.82, 2.24) is 9.97 Å². The lowest BCUT2D eigenvalue weighted by Crippen LogP contribution is -2.04. The average molecular weight is 315 g/mol. The van der Waals surface area contributed by atoms with Crippen molar-refractivity contribution >= 4 is 34.8 Å². The van der Waals surface area contributed by atoms with E-state index in [-0.39, 0.29) is 39.0 Å². The summed E-state index contributed by atoms with van der Waals surface area (Å²) in [4.78, 5) is 17.8. The molecule has 9 heteroatoms. The smallest absolute Gasteiger partial charge is 0.352 e. The van der Waals surface area contributed by atoms with Crippen LogP contribution in [0.25, 0.3) is 0 Å². The molecular formula is C11H8Cl2N4O3. The molecule has 1 aromatic heterocycles. The summed E-state index contributed by atoms with van der Waals surface area (Å²) in [6.45, 7) is 1.43. The maximum atomic E-state index is 11.0.